The molecular weight excluding hydrogens is 290 g/mol. The highest BCUT2D eigenvalue weighted by molar-refractivity contribution is 6.18. The molecule has 1 N–H and O–H groups in total. The maximum Gasteiger partial charge on any atom is 0.236 e. The zero-order valence-corrected chi connectivity index (χ0v) is 13.8. The molecule has 0 aromatic heterocycles. The lowest BCUT2D eigenvalue weighted by Crippen LogP contribution is -2.47. The molecule has 0 radical (unpaired) electrons. The van der Waals surface area contributed by atoms with E-state index in [2.05, 4.69) is 5.32 Å². The summed E-state index contributed by atoms with van der Waals surface area (Å²) < 4.78 is 0. The van der Waals surface area contributed by atoms with Gasteiger partial charge in [-0.15, -0.1) is 0 Å². The normalized spacial score (nSPS) is 23.1. The number of amides is 1. The molecule has 1 saturated heterocycles. The van der Waals surface area contributed by atoms with Crippen LogP contribution < -0.4 is 5.32 Å². The summed E-state index contributed by atoms with van der Waals surface area (Å²) in [4.78, 5) is 37.3. The van der Waals surface area contributed by atoms with Crippen LogP contribution in [-0.4, -0.2) is 23.5 Å². The van der Waals surface area contributed by atoms with Crippen molar-refractivity contribution in [3.05, 3.63) is 34.4 Å². The third-order valence-corrected chi connectivity index (χ3v) is 5.30. The lowest BCUT2D eigenvalue weighted by Gasteiger charge is -2.31. The largest absolute Gasteiger partial charge is 0.343 e. The Morgan fingerprint density at radius 3 is 2.52 bits per heavy atom. The van der Waals surface area contributed by atoms with Crippen LogP contribution in [0.25, 0.3) is 0 Å². The second kappa shape index (κ2) is 5.91. The second-order valence-corrected chi connectivity index (χ2v) is 6.83. The molecule has 0 bridgehead atoms. The molecule has 4 heteroatoms. The Morgan fingerprint density at radius 2 is 1.91 bits per heavy atom. The van der Waals surface area contributed by atoms with Crippen molar-refractivity contribution in [2.24, 2.45) is 0 Å². The highest BCUT2D eigenvalue weighted by atomic mass is 16.2. The number of carbonyl (C=O) groups excluding carboxylic acids is 3. The van der Waals surface area contributed by atoms with Gasteiger partial charge in [-0.2, -0.15) is 0 Å². The van der Waals surface area contributed by atoms with E-state index in [4.69, 9.17) is 0 Å². The van der Waals surface area contributed by atoms with Crippen molar-refractivity contribution in [3.63, 3.8) is 0 Å². The van der Waals surface area contributed by atoms with Gasteiger partial charge in [0.2, 0.25) is 5.91 Å². The average Bonchev–Trinajstić information content (AvgIpc) is 2.78. The van der Waals surface area contributed by atoms with Crippen LogP contribution in [-0.2, 0) is 16.0 Å². The molecule has 2 aliphatic rings. The van der Waals surface area contributed by atoms with Crippen molar-refractivity contribution < 1.29 is 14.4 Å². The molecule has 1 spiro atoms. The second-order valence-electron chi connectivity index (χ2n) is 6.83. The SMILES string of the molecule is CCc1cc(C)cc(C=O)c1C1C(=O)NC2(CCCCC2)C1=O. The summed E-state index contributed by atoms with van der Waals surface area (Å²) >= 11 is 0. The fourth-order valence-electron chi connectivity index (χ4n) is 4.20. The molecule has 122 valence electrons. The van der Waals surface area contributed by atoms with E-state index in [0.717, 1.165) is 49.5 Å². The minimum absolute atomic E-state index is 0.0381. The summed E-state index contributed by atoms with van der Waals surface area (Å²) in [7, 11) is 0. The van der Waals surface area contributed by atoms with Crippen LogP contribution in [0.1, 0.15) is 72.0 Å². The van der Waals surface area contributed by atoms with E-state index in [-0.39, 0.29) is 11.7 Å². The fourth-order valence-corrected chi connectivity index (χ4v) is 4.20. The van der Waals surface area contributed by atoms with Gasteiger partial charge in [0.1, 0.15) is 12.2 Å². The lowest BCUT2D eigenvalue weighted by molar-refractivity contribution is -0.125. The van der Waals surface area contributed by atoms with Crippen molar-refractivity contribution in [3.8, 4) is 0 Å². The number of hydrogen-bond donors (Lipinski definition) is 1. The van der Waals surface area contributed by atoms with Crippen LogP contribution in [0.4, 0.5) is 0 Å². The lowest BCUT2D eigenvalue weighted by atomic mass is 9.75. The molecule has 3 rings (SSSR count). The third-order valence-electron chi connectivity index (χ3n) is 5.30. The predicted octanol–water partition coefficient (Wildman–Crippen LogP) is 2.86. The standard InChI is InChI=1S/C19H23NO3/c1-3-13-9-12(2)10-14(11-21)15(13)16-17(22)19(20-18(16)23)7-5-4-6-8-19/h9-11,16H,3-8H2,1-2H3,(H,20,23). The van der Waals surface area contributed by atoms with Gasteiger partial charge in [-0.1, -0.05) is 37.8 Å². The topological polar surface area (TPSA) is 63.2 Å². The minimum Gasteiger partial charge on any atom is -0.343 e. The maximum absolute atomic E-state index is 13.1. The number of hydrogen-bond acceptors (Lipinski definition) is 3. The van der Waals surface area contributed by atoms with Gasteiger partial charge in [0.15, 0.2) is 5.78 Å². The van der Waals surface area contributed by atoms with Crippen LogP contribution in [0.5, 0.6) is 0 Å². The molecule has 1 aliphatic carbocycles. The average molecular weight is 313 g/mol. The van der Waals surface area contributed by atoms with Crippen molar-refractivity contribution in [1.82, 2.24) is 5.32 Å². The van der Waals surface area contributed by atoms with Gasteiger partial charge in [-0.05, 0) is 43.4 Å². The molecule has 4 nitrogen and oxygen atoms in total. The molecule has 1 unspecified atom stereocenters. The van der Waals surface area contributed by atoms with E-state index < -0.39 is 11.5 Å². The van der Waals surface area contributed by atoms with Crippen LogP contribution in [0.15, 0.2) is 12.1 Å². The number of carbonyl (C=O) groups is 3. The van der Waals surface area contributed by atoms with Crippen molar-refractivity contribution in [1.29, 1.82) is 0 Å². The summed E-state index contributed by atoms with van der Waals surface area (Å²) in [6.45, 7) is 3.91. The smallest absolute Gasteiger partial charge is 0.236 e. The number of Topliss-reactive ketones (excluding diaryl/α,β-unsaturated/α-hetero) is 1. The molecule has 1 amide bonds. The Morgan fingerprint density at radius 1 is 1.22 bits per heavy atom. The van der Waals surface area contributed by atoms with Gasteiger partial charge in [0.25, 0.3) is 0 Å². The van der Waals surface area contributed by atoms with Crippen molar-refractivity contribution in [2.75, 3.05) is 0 Å². The number of nitrogens with one attached hydrogen (secondary N) is 1. The third kappa shape index (κ3) is 2.50. The summed E-state index contributed by atoms with van der Waals surface area (Å²) in [5, 5.41) is 2.98. The van der Waals surface area contributed by atoms with Gasteiger partial charge in [0.05, 0.1) is 5.54 Å². The molecule has 1 aromatic rings. The minimum atomic E-state index is -0.830. The van der Waals surface area contributed by atoms with Gasteiger partial charge < -0.3 is 5.32 Å². The van der Waals surface area contributed by atoms with E-state index in [1.165, 1.54) is 0 Å². The zero-order chi connectivity index (χ0) is 16.6. The first kappa shape index (κ1) is 15.9. The van der Waals surface area contributed by atoms with E-state index >= 15 is 0 Å². The van der Waals surface area contributed by atoms with E-state index in [1.54, 1.807) is 6.07 Å². The first-order valence-electron chi connectivity index (χ1n) is 8.47. The van der Waals surface area contributed by atoms with Crippen LogP contribution in [0.2, 0.25) is 0 Å². The predicted molar refractivity (Wildman–Crippen MR) is 87.7 cm³/mol. The Balaban J connectivity index is 2.10. The summed E-state index contributed by atoms with van der Waals surface area (Å²) in [6, 6.07) is 3.75. The molecule has 1 atom stereocenters. The summed E-state index contributed by atoms with van der Waals surface area (Å²) in [5.41, 5.74) is 2.30. The quantitative estimate of drug-likeness (QED) is 0.689. The number of benzene rings is 1. The first-order valence-corrected chi connectivity index (χ1v) is 8.47. The van der Waals surface area contributed by atoms with Crippen molar-refractivity contribution >= 4 is 18.0 Å². The van der Waals surface area contributed by atoms with E-state index in [1.807, 2.05) is 19.9 Å². The monoisotopic (exact) mass is 313 g/mol. The Kier molecular flexibility index (Phi) is 4.09. The highest BCUT2D eigenvalue weighted by Gasteiger charge is 2.53. The van der Waals surface area contributed by atoms with Gasteiger partial charge >= 0.3 is 0 Å². The van der Waals surface area contributed by atoms with Crippen molar-refractivity contribution in [2.45, 2.75) is 63.8 Å². The zero-order valence-electron chi connectivity index (χ0n) is 13.8. The highest BCUT2D eigenvalue weighted by Crippen LogP contribution is 2.40. The van der Waals surface area contributed by atoms with Crippen LogP contribution >= 0.6 is 0 Å². The molecule has 23 heavy (non-hydrogen) atoms. The van der Waals surface area contributed by atoms with Crippen LogP contribution in [0, 0.1) is 6.92 Å². The summed E-state index contributed by atoms with van der Waals surface area (Å²) in [6.07, 6.45) is 5.95. The molecular formula is C19H23NO3. The van der Waals surface area contributed by atoms with E-state index in [9.17, 15) is 14.4 Å². The molecule has 2 fully saturated rings. The number of aryl methyl sites for hydroxylation is 2. The Hall–Kier alpha value is -1.97. The Bertz CT molecular complexity index is 671. The molecule has 1 aliphatic heterocycles. The van der Waals surface area contributed by atoms with Gasteiger partial charge in [-0.25, -0.2) is 0 Å². The first-order chi connectivity index (χ1) is 11.0. The number of rotatable bonds is 3. The van der Waals surface area contributed by atoms with Gasteiger partial charge in [-0.3, -0.25) is 14.4 Å². The number of ketones is 1. The number of aldehydes is 1. The fraction of sp³-hybridized carbons (Fsp3) is 0.526. The molecule has 1 saturated carbocycles. The van der Waals surface area contributed by atoms with E-state index in [0.29, 0.717) is 17.5 Å². The Labute approximate surface area is 136 Å². The van der Waals surface area contributed by atoms with Crippen LogP contribution in [0.3, 0.4) is 0 Å². The maximum atomic E-state index is 13.1. The molecule has 1 heterocycles. The summed E-state index contributed by atoms with van der Waals surface area (Å²) in [5.74, 6) is -1.11. The molecule has 1 aromatic carbocycles. The van der Waals surface area contributed by atoms with Gasteiger partial charge in [0, 0.05) is 5.56 Å².